The lowest BCUT2D eigenvalue weighted by molar-refractivity contribution is 0.0314. The van der Waals surface area contributed by atoms with Crippen LogP contribution in [-0.2, 0) is 0 Å². The highest BCUT2D eigenvalue weighted by Crippen LogP contribution is 2.14. The van der Waals surface area contributed by atoms with Crippen molar-refractivity contribution in [2.75, 3.05) is 6.54 Å². The molecule has 1 aromatic carbocycles. The smallest absolute Gasteiger partial charge is 0.251 e. The molecular weight excluding hydrogens is 218 g/mol. The number of aliphatic hydroxyl groups is 1. The average molecular weight is 237 g/mol. The number of carbonyl (C=O) groups excluding carboxylic acids is 1. The molecule has 4 nitrogen and oxygen atoms in total. The van der Waals surface area contributed by atoms with E-state index in [0.717, 1.165) is 0 Å². The molecule has 0 fully saturated rings. The fourth-order valence-electron chi connectivity index (χ4n) is 1.46. The maximum absolute atomic E-state index is 11.7. The number of aromatic hydroxyl groups is 1. The van der Waals surface area contributed by atoms with Crippen LogP contribution in [0.5, 0.6) is 5.75 Å². The molecule has 3 N–H and O–H groups in total. The Balaban J connectivity index is 2.58. The van der Waals surface area contributed by atoms with E-state index in [0.29, 0.717) is 18.4 Å². The van der Waals surface area contributed by atoms with Gasteiger partial charge in [0, 0.05) is 12.1 Å². The minimum absolute atomic E-state index is 0.125. The number of rotatable bonds is 5. The van der Waals surface area contributed by atoms with Crippen LogP contribution in [0.3, 0.4) is 0 Å². The number of carbonyl (C=O) groups is 1. The number of amides is 1. The molecule has 1 aromatic rings. The fraction of sp³-hybridized carbons (Fsp3) is 0.462. The van der Waals surface area contributed by atoms with E-state index in [1.54, 1.807) is 12.1 Å². The van der Waals surface area contributed by atoms with Gasteiger partial charge in [0.15, 0.2) is 0 Å². The first-order valence-corrected chi connectivity index (χ1v) is 5.80. The van der Waals surface area contributed by atoms with Gasteiger partial charge in [0.2, 0.25) is 0 Å². The van der Waals surface area contributed by atoms with Crippen LogP contribution in [0.25, 0.3) is 0 Å². The maximum atomic E-state index is 11.7. The highest BCUT2D eigenvalue weighted by atomic mass is 16.3. The van der Waals surface area contributed by atoms with Gasteiger partial charge in [-0.3, -0.25) is 4.79 Å². The predicted octanol–water partition coefficient (Wildman–Crippen LogP) is 1.67. The summed E-state index contributed by atoms with van der Waals surface area (Å²) in [6, 6.07) is 6.00. The zero-order valence-corrected chi connectivity index (χ0v) is 10.2. The standard InChI is InChI=1S/C13H19NO3/c1-3-13(17,4-2)9-14-12(16)10-5-7-11(15)8-6-10/h5-8,15,17H,3-4,9H2,1-2H3,(H,14,16). The van der Waals surface area contributed by atoms with Crippen LogP contribution in [0.4, 0.5) is 0 Å². The van der Waals surface area contributed by atoms with Crippen molar-refractivity contribution in [3.8, 4) is 5.75 Å². The second kappa shape index (κ2) is 5.68. The Morgan fingerprint density at radius 3 is 2.24 bits per heavy atom. The van der Waals surface area contributed by atoms with Crippen molar-refractivity contribution in [3.63, 3.8) is 0 Å². The largest absolute Gasteiger partial charge is 0.508 e. The lowest BCUT2D eigenvalue weighted by Crippen LogP contribution is -2.42. The van der Waals surface area contributed by atoms with Crippen LogP contribution in [0.15, 0.2) is 24.3 Å². The molecule has 0 saturated carbocycles. The molecular formula is C13H19NO3. The number of hydrogen-bond donors (Lipinski definition) is 3. The minimum atomic E-state index is -0.841. The third-order valence-corrected chi connectivity index (χ3v) is 3.02. The molecule has 1 rings (SSSR count). The third kappa shape index (κ3) is 3.75. The summed E-state index contributed by atoms with van der Waals surface area (Å²) in [6.07, 6.45) is 1.19. The van der Waals surface area contributed by atoms with E-state index in [4.69, 9.17) is 5.11 Å². The molecule has 0 aromatic heterocycles. The molecule has 0 radical (unpaired) electrons. The van der Waals surface area contributed by atoms with Crippen molar-refractivity contribution in [3.05, 3.63) is 29.8 Å². The molecule has 4 heteroatoms. The van der Waals surface area contributed by atoms with Crippen LogP contribution in [0.2, 0.25) is 0 Å². The molecule has 0 heterocycles. The van der Waals surface area contributed by atoms with Crippen LogP contribution < -0.4 is 5.32 Å². The van der Waals surface area contributed by atoms with Crippen molar-refractivity contribution in [1.82, 2.24) is 5.32 Å². The summed E-state index contributed by atoms with van der Waals surface area (Å²) in [5.74, 6) is -0.120. The van der Waals surface area contributed by atoms with Crippen LogP contribution in [0, 0.1) is 0 Å². The van der Waals surface area contributed by atoms with Crippen molar-refractivity contribution in [2.45, 2.75) is 32.3 Å². The summed E-state index contributed by atoms with van der Waals surface area (Å²) in [6.45, 7) is 4.01. The number of phenolic OH excluding ortho intramolecular Hbond substituents is 1. The van der Waals surface area contributed by atoms with E-state index in [1.807, 2.05) is 13.8 Å². The molecule has 0 spiro atoms. The van der Waals surface area contributed by atoms with Gasteiger partial charge in [-0.05, 0) is 37.1 Å². The number of nitrogens with one attached hydrogen (secondary N) is 1. The van der Waals surface area contributed by atoms with Crippen molar-refractivity contribution in [2.24, 2.45) is 0 Å². The molecule has 0 aliphatic rings. The Hall–Kier alpha value is -1.55. The van der Waals surface area contributed by atoms with E-state index in [9.17, 15) is 9.90 Å². The predicted molar refractivity (Wildman–Crippen MR) is 66.0 cm³/mol. The highest BCUT2D eigenvalue weighted by Gasteiger charge is 2.22. The van der Waals surface area contributed by atoms with Crippen LogP contribution >= 0.6 is 0 Å². The zero-order chi connectivity index (χ0) is 12.9. The first-order valence-electron chi connectivity index (χ1n) is 5.80. The average Bonchev–Trinajstić information content (AvgIpc) is 2.36. The summed E-state index contributed by atoms with van der Waals surface area (Å²) in [5.41, 5.74) is -0.371. The van der Waals surface area contributed by atoms with E-state index in [-0.39, 0.29) is 18.2 Å². The first kappa shape index (κ1) is 13.5. The Labute approximate surface area is 101 Å². The van der Waals surface area contributed by atoms with Gasteiger partial charge in [0.25, 0.3) is 5.91 Å². The van der Waals surface area contributed by atoms with Crippen LogP contribution in [-0.4, -0.2) is 28.3 Å². The molecule has 1 amide bonds. The summed E-state index contributed by atoms with van der Waals surface area (Å²) in [7, 11) is 0. The third-order valence-electron chi connectivity index (χ3n) is 3.02. The first-order chi connectivity index (χ1) is 8.00. The lowest BCUT2D eigenvalue weighted by Gasteiger charge is -2.25. The zero-order valence-electron chi connectivity index (χ0n) is 10.2. The van der Waals surface area contributed by atoms with Gasteiger partial charge in [-0.2, -0.15) is 0 Å². The molecule has 0 saturated heterocycles. The number of hydrogen-bond acceptors (Lipinski definition) is 3. The molecule has 17 heavy (non-hydrogen) atoms. The monoisotopic (exact) mass is 237 g/mol. The van der Waals surface area contributed by atoms with Gasteiger partial charge in [-0.15, -0.1) is 0 Å². The van der Waals surface area contributed by atoms with E-state index in [2.05, 4.69) is 5.32 Å². The molecule has 0 bridgehead atoms. The van der Waals surface area contributed by atoms with Crippen molar-refractivity contribution >= 4 is 5.91 Å². The van der Waals surface area contributed by atoms with Gasteiger partial charge in [-0.25, -0.2) is 0 Å². The van der Waals surface area contributed by atoms with Crippen molar-refractivity contribution < 1.29 is 15.0 Å². The van der Waals surface area contributed by atoms with Gasteiger partial charge in [0.1, 0.15) is 5.75 Å². The van der Waals surface area contributed by atoms with Gasteiger partial charge < -0.3 is 15.5 Å². The topological polar surface area (TPSA) is 69.6 Å². The SMILES string of the molecule is CCC(O)(CC)CNC(=O)c1ccc(O)cc1. The Morgan fingerprint density at radius 1 is 1.24 bits per heavy atom. The minimum Gasteiger partial charge on any atom is -0.508 e. The summed E-state index contributed by atoms with van der Waals surface area (Å²) in [5, 5.41) is 21.8. The second-order valence-electron chi connectivity index (χ2n) is 4.16. The highest BCUT2D eigenvalue weighted by molar-refractivity contribution is 5.94. The van der Waals surface area contributed by atoms with E-state index < -0.39 is 5.60 Å². The summed E-state index contributed by atoms with van der Waals surface area (Å²) >= 11 is 0. The lowest BCUT2D eigenvalue weighted by atomic mass is 9.97. The van der Waals surface area contributed by atoms with Gasteiger partial charge in [0.05, 0.1) is 5.60 Å². The Bertz CT molecular complexity index is 369. The van der Waals surface area contributed by atoms with E-state index >= 15 is 0 Å². The summed E-state index contributed by atoms with van der Waals surface area (Å²) < 4.78 is 0. The Kier molecular flexibility index (Phi) is 4.52. The molecule has 0 aliphatic carbocycles. The number of benzene rings is 1. The Morgan fingerprint density at radius 2 is 1.76 bits per heavy atom. The van der Waals surface area contributed by atoms with Gasteiger partial charge >= 0.3 is 0 Å². The number of phenols is 1. The molecule has 94 valence electrons. The molecule has 0 atom stereocenters. The molecule has 0 unspecified atom stereocenters. The maximum Gasteiger partial charge on any atom is 0.251 e. The van der Waals surface area contributed by atoms with Crippen LogP contribution in [0.1, 0.15) is 37.0 Å². The molecule has 0 aliphatic heterocycles. The van der Waals surface area contributed by atoms with Gasteiger partial charge in [-0.1, -0.05) is 13.8 Å². The normalized spacial score (nSPS) is 11.2. The summed E-state index contributed by atoms with van der Waals surface area (Å²) in [4.78, 5) is 11.7. The quantitative estimate of drug-likeness (QED) is 0.729. The van der Waals surface area contributed by atoms with E-state index in [1.165, 1.54) is 12.1 Å². The van der Waals surface area contributed by atoms with Crippen molar-refractivity contribution in [1.29, 1.82) is 0 Å². The fourth-order valence-corrected chi connectivity index (χ4v) is 1.46. The second-order valence-corrected chi connectivity index (χ2v) is 4.16.